The number of nitrogens with zero attached hydrogens (tertiary/aromatic N) is 2. The zero-order valence-corrected chi connectivity index (χ0v) is 10.6. The van der Waals surface area contributed by atoms with E-state index in [4.69, 9.17) is 0 Å². The lowest BCUT2D eigenvalue weighted by Crippen LogP contribution is -2.11. The van der Waals surface area contributed by atoms with Gasteiger partial charge in [0.15, 0.2) is 0 Å². The lowest BCUT2D eigenvalue weighted by molar-refractivity contribution is 0.102. The Labute approximate surface area is 103 Å². The Balaban J connectivity index is 2.11. The van der Waals surface area contributed by atoms with Crippen LogP contribution in [0.2, 0.25) is 0 Å². The molecule has 2 heterocycles. The van der Waals surface area contributed by atoms with Gasteiger partial charge in [-0.05, 0) is 25.0 Å². The van der Waals surface area contributed by atoms with Crippen LogP contribution in [0.5, 0.6) is 0 Å². The molecule has 0 radical (unpaired) electrons. The molecule has 6 heteroatoms. The molecule has 0 aliphatic heterocycles. The maximum Gasteiger partial charge on any atom is 0.268 e. The van der Waals surface area contributed by atoms with Gasteiger partial charge in [0.1, 0.15) is 6.33 Å². The zero-order chi connectivity index (χ0) is 12.3. The number of amides is 1. The molecule has 0 aromatic carbocycles. The molecule has 2 rings (SSSR count). The van der Waals surface area contributed by atoms with Crippen LogP contribution in [-0.4, -0.2) is 21.1 Å². The van der Waals surface area contributed by atoms with Crippen molar-refractivity contribution in [3.05, 3.63) is 27.7 Å². The van der Waals surface area contributed by atoms with Crippen molar-refractivity contribution >= 4 is 23.2 Å². The summed E-state index contributed by atoms with van der Waals surface area (Å²) in [4.78, 5) is 17.7. The first kappa shape index (κ1) is 11.8. The van der Waals surface area contributed by atoms with E-state index in [0.29, 0.717) is 10.8 Å². The standard InChI is InChI=1S/C11H14N4OS/c1-3-4-8-5-9(17-7(8)2)10(16)14-11-12-6-13-15-11/h5-6H,3-4H2,1-2H3,(H2,12,13,14,15,16). The lowest BCUT2D eigenvalue weighted by Gasteiger charge is -1.96. The number of anilines is 1. The molecule has 0 saturated heterocycles. The van der Waals surface area contributed by atoms with E-state index in [1.54, 1.807) is 0 Å². The van der Waals surface area contributed by atoms with Gasteiger partial charge in [-0.1, -0.05) is 13.3 Å². The lowest BCUT2D eigenvalue weighted by atomic mass is 10.1. The van der Waals surface area contributed by atoms with Gasteiger partial charge < -0.3 is 0 Å². The average molecular weight is 250 g/mol. The first-order valence-electron chi connectivity index (χ1n) is 5.46. The number of nitrogens with one attached hydrogen (secondary N) is 2. The maximum atomic E-state index is 11.9. The molecule has 0 unspecified atom stereocenters. The van der Waals surface area contributed by atoms with Crippen LogP contribution in [0.25, 0.3) is 0 Å². The van der Waals surface area contributed by atoms with Crippen LogP contribution in [0.15, 0.2) is 12.4 Å². The highest BCUT2D eigenvalue weighted by Crippen LogP contribution is 2.23. The fraction of sp³-hybridized carbons (Fsp3) is 0.364. The van der Waals surface area contributed by atoms with Crippen LogP contribution in [0, 0.1) is 6.92 Å². The number of aryl methyl sites for hydroxylation is 2. The van der Waals surface area contributed by atoms with Gasteiger partial charge in [-0.25, -0.2) is 5.10 Å². The molecule has 0 saturated carbocycles. The van der Waals surface area contributed by atoms with Crippen molar-refractivity contribution < 1.29 is 4.79 Å². The Morgan fingerprint density at radius 2 is 2.41 bits per heavy atom. The van der Waals surface area contributed by atoms with Gasteiger partial charge in [-0.15, -0.1) is 11.3 Å². The fourth-order valence-corrected chi connectivity index (χ4v) is 2.55. The SMILES string of the molecule is CCCc1cc(C(=O)Nc2ncn[nH]2)sc1C. The largest absolute Gasteiger partial charge is 0.290 e. The monoisotopic (exact) mass is 250 g/mol. The van der Waals surface area contributed by atoms with Crippen molar-refractivity contribution in [1.29, 1.82) is 0 Å². The van der Waals surface area contributed by atoms with Gasteiger partial charge in [-0.2, -0.15) is 10.1 Å². The summed E-state index contributed by atoms with van der Waals surface area (Å²) in [7, 11) is 0. The molecule has 0 spiro atoms. The van der Waals surface area contributed by atoms with E-state index in [9.17, 15) is 4.79 Å². The molecular weight excluding hydrogens is 236 g/mol. The fourth-order valence-electron chi connectivity index (χ4n) is 1.58. The maximum absolute atomic E-state index is 11.9. The van der Waals surface area contributed by atoms with Gasteiger partial charge in [0.25, 0.3) is 5.91 Å². The highest BCUT2D eigenvalue weighted by Gasteiger charge is 2.12. The molecule has 0 aliphatic rings. The average Bonchev–Trinajstić information content (AvgIpc) is 2.90. The summed E-state index contributed by atoms with van der Waals surface area (Å²) >= 11 is 1.51. The predicted molar refractivity (Wildman–Crippen MR) is 67.4 cm³/mol. The molecule has 0 atom stereocenters. The highest BCUT2D eigenvalue weighted by atomic mass is 32.1. The number of hydrogen-bond donors (Lipinski definition) is 2. The van der Waals surface area contributed by atoms with Crippen LogP contribution in [0.3, 0.4) is 0 Å². The Hall–Kier alpha value is -1.69. The Morgan fingerprint density at radius 3 is 3.06 bits per heavy atom. The molecular formula is C11H14N4OS. The van der Waals surface area contributed by atoms with E-state index in [1.807, 2.05) is 13.0 Å². The minimum absolute atomic E-state index is 0.141. The van der Waals surface area contributed by atoms with E-state index in [0.717, 1.165) is 12.8 Å². The van der Waals surface area contributed by atoms with Gasteiger partial charge in [-0.3, -0.25) is 10.1 Å². The molecule has 5 nitrogen and oxygen atoms in total. The number of aromatic amines is 1. The van der Waals surface area contributed by atoms with Crippen molar-refractivity contribution in [1.82, 2.24) is 15.2 Å². The first-order chi connectivity index (χ1) is 8.20. The molecule has 2 aromatic rings. The van der Waals surface area contributed by atoms with Crippen molar-refractivity contribution in [2.45, 2.75) is 26.7 Å². The predicted octanol–water partition coefficient (Wildman–Crippen LogP) is 2.38. The second kappa shape index (κ2) is 5.09. The smallest absolute Gasteiger partial charge is 0.268 e. The third-order valence-corrected chi connectivity index (χ3v) is 3.50. The first-order valence-corrected chi connectivity index (χ1v) is 6.28. The van der Waals surface area contributed by atoms with Gasteiger partial charge in [0.2, 0.25) is 5.95 Å². The summed E-state index contributed by atoms with van der Waals surface area (Å²) in [6.07, 6.45) is 3.45. The summed E-state index contributed by atoms with van der Waals surface area (Å²) in [5, 5.41) is 8.93. The number of hydrogen-bond acceptors (Lipinski definition) is 4. The molecule has 1 amide bonds. The van der Waals surface area contributed by atoms with Crippen LogP contribution in [0.1, 0.15) is 33.5 Å². The number of rotatable bonds is 4. The Morgan fingerprint density at radius 1 is 1.59 bits per heavy atom. The normalized spacial score (nSPS) is 10.5. The number of aromatic nitrogens is 3. The van der Waals surface area contributed by atoms with Crippen molar-refractivity contribution in [3.8, 4) is 0 Å². The van der Waals surface area contributed by atoms with Crippen molar-refractivity contribution in [2.24, 2.45) is 0 Å². The summed E-state index contributed by atoms with van der Waals surface area (Å²) in [6, 6.07) is 1.95. The van der Waals surface area contributed by atoms with Crippen LogP contribution >= 0.6 is 11.3 Å². The number of H-pyrrole nitrogens is 1. The number of carbonyl (C=O) groups is 1. The quantitative estimate of drug-likeness (QED) is 0.875. The third-order valence-electron chi connectivity index (χ3n) is 2.41. The molecule has 2 N–H and O–H groups in total. The van der Waals surface area contributed by atoms with E-state index in [1.165, 1.54) is 28.1 Å². The van der Waals surface area contributed by atoms with Gasteiger partial charge >= 0.3 is 0 Å². The van der Waals surface area contributed by atoms with Crippen molar-refractivity contribution in [2.75, 3.05) is 5.32 Å². The van der Waals surface area contributed by atoms with Crippen LogP contribution in [-0.2, 0) is 6.42 Å². The Kier molecular flexibility index (Phi) is 3.53. The van der Waals surface area contributed by atoms with E-state index in [2.05, 4.69) is 27.4 Å². The number of thiophene rings is 1. The topological polar surface area (TPSA) is 70.7 Å². The van der Waals surface area contributed by atoms with Crippen molar-refractivity contribution in [3.63, 3.8) is 0 Å². The minimum Gasteiger partial charge on any atom is -0.290 e. The summed E-state index contributed by atoms with van der Waals surface area (Å²) in [5.41, 5.74) is 1.25. The number of carbonyl (C=O) groups excluding carboxylic acids is 1. The third kappa shape index (κ3) is 2.71. The summed E-state index contributed by atoms with van der Waals surface area (Å²) in [6.45, 7) is 4.17. The molecule has 0 bridgehead atoms. The summed E-state index contributed by atoms with van der Waals surface area (Å²) < 4.78 is 0. The van der Waals surface area contributed by atoms with E-state index >= 15 is 0 Å². The minimum atomic E-state index is -0.141. The summed E-state index contributed by atoms with van der Waals surface area (Å²) in [5.74, 6) is 0.232. The van der Waals surface area contributed by atoms with E-state index < -0.39 is 0 Å². The highest BCUT2D eigenvalue weighted by molar-refractivity contribution is 7.14. The van der Waals surface area contributed by atoms with Crippen LogP contribution < -0.4 is 5.32 Å². The second-order valence-electron chi connectivity index (χ2n) is 3.73. The molecule has 90 valence electrons. The van der Waals surface area contributed by atoms with Crippen LogP contribution in [0.4, 0.5) is 5.95 Å². The second-order valence-corrected chi connectivity index (χ2v) is 4.99. The van der Waals surface area contributed by atoms with E-state index in [-0.39, 0.29) is 5.91 Å². The molecule has 0 aliphatic carbocycles. The Bertz CT molecular complexity index is 504. The zero-order valence-electron chi connectivity index (χ0n) is 9.78. The molecule has 17 heavy (non-hydrogen) atoms. The molecule has 0 fully saturated rings. The van der Waals surface area contributed by atoms with Gasteiger partial charge in [0, 0.05) is 4.88 Å². The van der Waals surface area contributed by atoms with Gasteiger partial charge in [0.05, 0.1) is 4.88 Å². The molecule has 2 aromatic heterocycles.